The van der Waals surface area contributed by atoms with Gasteiger partial charge in [-0.25, -0.2) is 9.37 Å². The summed E-state index contributed by atoms with van der Waals surface area (Å²) in [6.07, 6.45) is 3.69. The number of pyridine rings is 1. The van der Waals surface area contributed by atoms with Gasteiger partial charge >= 0.3 is 0 Å². The molecule has 1 aromatic carbocycles. The predicted molar refractivity (Wildman–Crippen MR) is 120 cm³/mol. The van der Waals surface area contributed by atoms with Gasteiger partial charge in [0.15, 0.2) is 23.3 Å². The summed E-state index contributed by atoms with van der Waals surface area (Å²) in [5, 5.41) is 4.20. The number of nitrogens with zero attached hydrogens (tertiary/aromatic N) is 3. The second-order valence-electron chi connectivity index (χ2n) is 7.72. The van der Waals surface area contributed by atoms with Gasteiger partial charge in [-0.3, -0.25) is 9.78 Å². The Hall–Kier alpha value is -3.00. The van der Waals surface area contributed by atoms with Crippen molar-refractivity contribution in [2.75, 3.05) is 25.0 Å². The number of ether oxygens (including phenoxy) is 1. The van der Waals surface area contributed by atoms with Crippen molar-refractivity contribution < 1.29 is 13.9 Å². The van der Waals surface area contributed by atoms with E-state index in [4.69, 9.17) is 9.72 Å². The molecule has 1 N–H and O–H groups in total. The molecule has 0 unspecified atom stereocenters. The molecule has 0 aliphatic carbocycles. The zero-order valence-electron chi connectivity index (χ0n) is 17.6. The molecule has 1 aliphatic heterocycles. The number of para-hydroxylation sites is 1. The van der Waals surface area contributed by atoms with Crippen molar-refractivity contribution in [2.45, 2.75) is 32.6 Å². The number of aryl methyl sites for hydroxylation is 2. The predicted octanol–water partition coefficient (Wildman–Crippen LogP) is 4.82. The van der Waals surface area contributed by atoms with Gasteiger partial charge in [0.25, 0.3) is 5.91 Å². The molecule has 3 aromatic rings. The largest absolute Gasteiger partial charge is 0.481 e. The molecule has 1 fully saturated rings. The van der Waals surface area contributed by atoms with E-state index in [0.29, 0.717) is 13.1 Å². The van der Waals surface area contributed by atoms with E-state index in [2.05, 4.69) is 10.3 Å². The fourth-order valence-corrected chi connectivity index (χ4v) is 4.43. The first kappa shape index (κ1) is 21.2. The molecule has 1 saturated heterocycles. The number of nitrogens with one attached hydrogen (secondary N) is 1. The van der Waals surface area contributed by atoms with E-state index in [1.165, 1.54) is 12.1 Å². The minimum atomic E-state index is -0.466. The molecule has 1 aliphatic rings. The highest BCUT2D eigenvalue weighted by Gasteiger charge is 2.26. The fourth-order valence-electron chi connectivity index (χ4n) is 3.75. The highest BCUT2D eigenvalue weighted by Crippen LogP contribution is 2.30. The van der Waals surface area contributed by atoms with Crippen LogP contribution in [0.15, 0.2) is 42.6 Å². The monoisotopic (exact) mass is 440 g/mol. The first-order chi connectivity index (χ1) is 15.0. The number of amides is 1. The van der Waals surface area contributed by atoms with Gasteiger partial charge in [-0.2, -0.15) is 0 Å². The van der Waals surface area contributed by atoms with Crippen LogP contribution in [-0.4, -0.2) is 40.5 Å². The van der Waals surface area contributed by atoms with Crippen LogP contribution in [0.5, 0.6) is 5.75 Å². The Kier molecular flexibility index (Phi) is 6.46. The van der Waals surface area contributed by atoms with Crippen molar-refractivity contribution in [1.29, 1.82) is 0 Å². The van der Waals surface area contributed by atoms with Crippen LogP contribution in [0.4, 0.5) is 15.2 Å². The normalized spacial score (nSPS) is 16.2. The maximum absolute atomic E-state index is 13.7. The molecule has 0 spiro atoms. The van der Waals surface area contributed by atoms with Gasteiger partial charge in [0.05, 0.1) is 0 Å². The van der Waals surface area contributed by atoms with Gasteiger partial charge in [-0.15, -0.1) is 11.3 Å². The van der Waals surface area contributed by atoms with Crippen LogP contribution in [0.2, 0.25) is 0 Å². The van der Waals surface area contributed by atoms with Crippen LogP contribution in [-0.2, 0) is 4.79 Å². The summed E-state index contributed by atoms with van der Waals surface area (Å²) in [4.78, 5) is 24.7. The number of halogens is 1. The molecule has 31 heavy (non-hydrogen) atoms. The molecule has 8 heteroatoms. The maximum atomic E-state index is 13.7. The summed E-state index contributed by atoms with van der Waals surface area (Å²) in [6, 6.07) is 10.1. The molecule has 1 atom stereocenters. The van der Waals surface area contributed by atoms with E-state index >= 15 is 0 Å². The molecule has 0 bridgehead atoms. The van der Waals surface area contributed by atoms with Crippen molar-refractivity contribution in [1.82, 2.24) is 14.9 Å². The molecule has 162 valence electrons. The lowest BCUT2D eigenvalue weighted by Gasteiger charge is -2.32. The summed E-state index contributed by atoms with van der Waals surface area (Å²) in [5.41, 5.74) is 2.83. The first-order valence-corrected chi connectivity index (χ1v) is 11.1. The molecule has 1 amide bonds. The average Bonchev–Trinajstić information content (AvgIpc) is 3.17. The highest BCUT2D eigenvalue weighted by atomic mass is 32.1. The van der Waals surface area contributed by atoms with E-state index in [1.807, 2.05) is 32.2 Å². The van der Waals surface area contributed by atoms with Crippen molar-refractivity contribution in [3.8, 4) is 5.75 Å². The molecular formula is C23H25FN4O2S. The molecule has 0 radical (unpaired) electrons. The van der Waals surface area contributed by atoms with Crippen molar-refractivity contribution in [3.05, 3.63) is 64.7 Å². The third-order valence-corrected chi connectivity index (χ3v) is 6.05. The number of hydrogen-bond donors (Lipinski definition) is 1. The van der Waals surface area contributed by atoms with Crippen molar-refractivity contribution in [3.63, 3.8) is 0 Å². The molecule has 6 nitrogen and oxygen atoms in total. The third kappa shape index (κ3) is 5.38. The minimum absolute atomic E-state index is 0.0953. The van der Waals surface area contributed by atoms with Gasteiger partial charge in [0.1, 0.15) is 0 Å². The average molecular weight is 441 g/mol. The van der Waals surface area contributed by atoms with E-state index in [1.54, 1.807) is 28.4 Å². The lowest BCUT2D eigenvalue weighted by molar-refractivity contribution is -0.134. The topological polar surface area (TPSA) is 67.4 Å². The number of likely N-dealkylation sites (tertiary alicyclic amines) is 1. The number of carbonyl (C=O) groups is 1. The Morgan fingerprint density at radius 1 is 1.32 bits per heavy atom. The number of rotatable bonds is 6. The first-order valence-electron chi connectivity index (χ1n) is 10.3. The van der Waals surface area contributed by atoms with Crippen molar-refractivity contribution in [2.24, 2.45) is 0 Å². The van der Waals surface area contributed by atoms with Crippen LogP contribution in [0, 0.1) is 19.7 Å². The molecule has 4 rings (SSSR count). The van der Waals surface area contributed by atoms with Crippen LogP contribution in [0.25, 0.3) is 0 Å². The Bertz CT molecular complexity index is 1070. The fraction of sp³-hybridized carbons (Fsp3) is 0.348. The summed E-state index contributed by atoms with van der Waals surface area (Å²) < 4.78 is 19.1. The minimum Gasteiger partial charge on any atom is -0.481 e. The van der Waals surface area contributed by atoms with Gasteiger partial charge in [-0.05, 0) is 51.0 Å². The van der Waals surface area contributed by atoms with Crippen LogP contribution in [0.3, 0.4) is 0 Å². The lowest BCUT2D eigenvalue weighted by Crippen LogP contribution is -2.41. The number of carbonyl (C=O) groups excluding carboxylic acids is 1. The third-order valence-electron chi connectivity index (χ3n) is 5.23. The zero-order valence-corrected chi connectivity index (χ0v) is 18.4. The summed E-state index contributed by atoms with van der Waals surface area (Å²) in [5.74, 6) is -0.369. The van der Waals surface area contributed by atoms with Crippen LogP contribution >= 0.6 is 11.3 Å². The number of piperidine rings is 1. The molecule has 2 aromatic heterocycles. The van der Waals surface area contributed by atoms with E-state index < -0.39 is 5.82 Å². The van der Waals surface area contributed by atoms with Gasteiger partial charge < -0.3 is 15.0 Å². The zero-order chi connectivity index (χ0) is 21.8. The second kappa shape index (κ2) is 9.43. The Balaban J connectivity index is 1.42. The number of thiazole rings is 1. The van der Waals surface area contributed by atoms with Crippen molar-refractivity contribution >= 4 is 28.1 Å². The molecular weight excluding hydrogens is 415 g/mol. The second-order valence-corrected chi connectivity index (χ2v) is 8.96. The maximum Gasteiger partial charge on any atom is 0.260 e. The Morgan fingerprint density at radius 3 is 2.94 bits per heavy atom. The van der Waals surface area contributed by atoms with Crippen LogP contribution in [0.1, 0.15) is 35.0 Å². The number of aromatic nitrogens is 2. The highest BCUT2D eigenvalue weighted by molar-refractivity contribution is 7.15. The van der Waals surface area contributed by atoms with Gasteiger partial charge in [0, 0.05) is 47.2 Å². The SMILES string of the molecule is Cc1cc(Nc2ncc(C)s2)cc([C@H]2CCCN(C(=O)COc3ccccc3F)C2)n1. The van der Waals surface area contributed by atoms with E-state index in [0.717, 1.165) is 39.9 Å². The number of anilines is 2. The lowest BCUT2D eigenvalue weighted by atomic mass is 9.93. The summed E-state index contributed by atoms with van der Waals surface area (Å²) in [6.45, 7) is 5.06. The molecule has 0 saturated carbocycles. The molecule has 3 heterocycles. The van der Waals surface area contributed by atoms with Gasteiger partial charge in [-0.1, -0.05) is 12.1 Å². The Labute approximate surface area is 185 Å². The van der Waals surface area contributed by atoms with E-state index in [-0.39, 0.29) is 24.2 Å². The van der Waals surface area contributed by atoms with Crippen LogP contribution < -0.4 is 10.1 Å². The summed E-state index contributed by atoms with van der Waals surface area (Å²) in [7, 11) is 0. The number of hydrogen-bond acceptors (Lipinski definition) is 6. The van der Waals surface area contributed by atoms with Gasteiger partial charge in [0.2, 0.25) is 0 Å². The quantitative estimate of drug-likeness (QED) is 0.595. The smallest absolute Gasteiger partial charge is 0.260 e. The number of benzene rings is 1. The Morgan fingerprint density at radius 2 is 2.16 bits per heavy atom. The summed E-state index contributed by atoms with van der Waals surface area (Å²) >= 11 is 1.60. The van der Waals surface area contributed by atoms with E-state index in [9.17, 15) is 9.18 Å². The standard InChI is InChI=1S/C23H25FN4O2S/c1-15-10-18(27-23-25-12-16(2)31-23)11-20(26-15)17-6-5-9-28(13-17)22(29)14-30-21-8-4-3-7-19(21)24/h3-4,7-8,10-12,17H,5-6,9,13-14H2,1-2H3,(H,25,26,27)/t17-/m0/s1.